The number of carbonyl (C=O) groups is 3. The molecule has 0 bridgehead atoms. The van der Waals surface area contributed by atoms with Crippen LogP contribution >= 0.6 is 22.9 Å². The molecule has 2 atom stereocenters. The summed E-state index contributed by atoms with van der Waals surface area (Å²) in [4.78, 5) is 52.6. The molecule has 3 aromatic rings. The molecule has 4 heterocycles. The van der Waals surface area contributed by atoms with Gasteiger partial charge in [0.25, 0.3) is 0 Å². The minimum Gasteiger partial charge on any atom is -0.478 e. The third-order valence-corrected chi connectivity index (χ3v) is 8.75. The van der Waals surface area contributed by atoms with Crippen LogP contribution in [0.3, 0.4) is 0 Å². The van der Waals surface area contributed by atoms with Crippen LogP contribution in [0.25, 0.3) is 0 Å². The first kappa shape index (κ1) is 28.8. The van der Waals surface area contributed by atoms with Crippen molar-refractivity contribution in [2.45, 2.75) is 12.1 Å². The fraction of sp³-hybridized carbons (Fsp3) is 0.276. The molecule has 2 saturated heterocycles. The van der Waals surface area contributed by atoms with Crippen molar-refractivity contribution in [3.8, 4) is 0 Å². The van der Waals surface area contributed by atoms with E-state index >= 15 is 0 Å². The number of ether oxygens (including phenoxy) is 1. The molecule has 1 aromatic heterocycles. The van der Waals surface area contributed by atoms with E-state index in [4.69, 9.17) is 21.3 Å². The number of anilines is 1. The van der Waals surface area contributed by atoms with Crippen LogP contribution in [0.2, 0.25) is 5.02 Å². The summed E-state index contributed by atoms with van der Waals surface area (Å²) < 4.78 is 19.1. The second kappa shape index (κ2) is 11.7. The van der Waals surface area contributed by atoms with Crippen LogP contribution in [-0.2, 0) is 9.53 Å². The topological polar surface area (TPSA) is 128 Å². The molecule has 2 fully saturated rings. The number of esters is 1. The highest BCUT2D eigenvalue weighted by Crippen LogP contribution is 2.37. The molecule has 0 spiro atoms. The van der Waals surface area contributed by atoms with E-state index in [2.05, 4.69) is 15.2 Å². The zero-order chi connectivity index (χ0) is 30.2. The van der Waals surface area contributed by atoms with E-state index in [-0.39, 0.29) is 28.2 Å². The van der Waals surface area contributed by atoms with Gasteiger partial charge in [0.1, 0.15) is 11.9 Å². The fourth-order valence-corrected chi connectivity index (χ4v) is 6.49. The van der Waals surface area contributed by atoms with Crippen molar-refractivity contribution in [1.82, 2.24) is 20.1 Å². The van der Waals surface area contributed by atoms with E-state index in [0.717, 1.165) is 0 Å². The van der Waals surface area contributed by atoms with Gasteiger partial charge in [0, 0.05) is 66.3 Å². The highest BCUT2D eigenvalue weighted by molar-refractivity contribution is 7.11. The molecule has 2 unspecified atom stereocenters. The predicted octanol–water partition coefficient (Wildman–Crippen LogP) is 3.78. The van der Waals surface area contributed by atoms with Gasteiger partial charge in [0.2, 0.25) is 0 Å². The summed E-state index contributed by atoms with van der Waals surface area (Å²) in [5.41, 5.74) is 1.87. The molecule has 2 N–H and O–H groups in total. The Morgan fingerprint density at radius 3 is 2.77 bits per heavy atom. The number of carboxylic acid groups (broad SMARTS) is 1. The van der Waals surface area contributed by atoms with Crippen molar-refractivity contribution in [2.24, 2.45) is 4.99 Å². The standard InChI is InChI=1S/C29H26ClFN6O5S/c1-42-28(40)23-22(33-25(26-32-7-10-43-26)34-24(23)20-6-5-17(31)12-21(20)30)15-35-8-9-36-19(13-35)14-37(29(36)41)18-4-2-3-16(11-18)27(38)39/h2-7,10-12,19,24H,8-9,13-15H2,1H3,(H,33,34)(H,38,39). The molecule has 0 saturated carbocycles. The summed E-state index contributed by atoms with van der Waals surface area (Å²) in [7, 11) is 1.28. The van der Waals surface area contributed by atoms with Crippen LogP contribution in [0.15, 0.2) is 70.3 Å². The number of carbonyl (C=O) groups excluding carboxylic acids is 2. The Bertz CT molecular complexity index is 1660. The first-order valence-corrected chi connectivity index (χ1v) is 14.6. The number of aromatic nitrogens is 1. The molecule has 43 heavy (non-hydrogen) atoms. The summed E-state index contributed by atoms with van der Waals surface area (Å²) in [5.74, 6) is -1.73. The average molecular weight is 625 g/mol. The third-order valence-electron chi connectivity index (χ3n) is 7.65. The normalized spacial score (nSPS) is 20.5. The maximum atomic E-state index is 13.9. The largest absolute Gasteiger partial charge is 0.478 e. The number of nitrogens with zero attached hydrogens (tertiary/aromatic N) is 5. The molecular weight excluding hydrogens is 599 g/mol. The number of thiazole rings is 1. The number of benzene rings is 2. The van der Waals surface area contributed by atoms with E-state index < -0.39 is 23.8 Å². The van der Waals surface area contributed by atoms with Gasteiger partial charge in [-0.1, -0.05) is 23.7 Å². The number of hydrogen-bond donors (Lipinski definition) is 2. The number of urea groups is 1. The number of rotatable bonds is 7. The predicted molar refractivity (Wildman–Crippen MR) is 158 cm³/mol. The Morgan fingerprint density at radius 1 is 1.21 bits per heavy atom. The first-order chi connectivity index (χ1) is 20.7. The Labute approximate surface area is 254 Å². The van der Waals surface area contributed by atoms with Crippen molar-refractivity contribution in [2.75, 3.05) is 44.7 Å². The summed E-state index contributed by atoms with van der Waals surface area (Å²) in [6.07, 6.45) is 1.65. The summed E-state index contributed by atoms with van der Waals surface area (Å²) >= 11 is 7.83. The Balaban J connectivity index is 1.29. The fourth-order valence-electron chi connectivity index (χ4n) is 5.63. The molecule has 2 aromatic carbocycles. The second-order valence-electron chi connectivity index (χ2n) is 10.2. The van der Waals surface area contributed by atoms with Crippen LogP contribution in [0, 0.1) is 5.82 Å². The van der Waals surface area contributed by atoms with E-state index in [0.29, 0.717) is 60.5 Å². The molecule has 6 rings (SSSR count). The van der Waals surface area contributed by atoms with E-state index in [1.54, 1.807) is 28.1 Å². The zero-order valence-electron chi connectivity index (χ0n) is 22.9. The van der Waals surface area contributed by atoms with Crippen molar-refractivity contribution in [3.63, 3.8) is 0 Å². The maximum absolute atomic E-state index is 13.9. The third kappa shape index (κ3) is 5.58. The van der Waals surface area contributed by atoms with Crippen molar-refractivity contribution >= 4 is 52.4 Å². The van der Waals surface area contributed by atoms with E-state index in [1.165, 1.54) is 48.8 Å². The lowest BCUT2D eigenvalue weighted by Crippen LogP contribution is -2.53. The Morgan fingerprint density at radius 2 is 2.05 bits per heavy atom. The van der Waals surface area contributed by atoms with Crippen LogP contribution in [0.1, 0.15) is 27.0 Å². The number of aliphatic imine (C=N–C) groups is 1. The molecule has 3 aliphatic heterocycles. The van der Waals surface area contributed by atoms with Crippen molar-refractivity contribution < 1.29 is 28.6 Å². The Kier molecular flexibility index (Phi) is 7.86. The highest BCUT2D eigenvalue weighted by Gasteiger charge is 2.42. The van der Waals surface area contributed by atoms with Crippen LogP contribution in [-0.4, -0.2) is 89.6 Å². The number of fused-ring (bicyclic) bond motifs is 1. The Hall–Kier alpha value is -4.33. The minimum atomic E-state index is -1.06. The average Bonchev–Trinajstić information content (AvgIpc) is 3.65. The molecular formula is C29H26ClFN6O5S. The number of aromatic carboxylic acids is 1. The van der Waals surface area contributed by atoms with Gasteiger partial charge >= 0.3 is 18.0 Å². The highest BCUT2D eigenvalue weighted by atomic mass is 35.5. The first-order valence-electron chi connectivity index (χ1n) is 13.4. The second-order valence-corrected chi connectivity index (χ2v) is 11.5. The number of piperazine rings is 1. The lowest BCUT2D eigenvalue weighted by Gasteiger charge is -2.38. The SMILES string of the molecule is COC(=O)C1=C(CN2CCN3C(=O)N(c4cccc(C(=O)O)c4)CC3C2)NC(c2nccs2)=NC1c1ccc(F)cc1Cl. The molecule has 11 nitrogen and oxygen atoms in total. The lowest BCUT2D eigenvalue weighted by molar-refractivity contribution is -0.136. The van der Waals surface area contributed by atoms with Gasteiger partial charge in [-0.2, -0.15) is 0 Å². The monoisotopic (exact) mass is 624 g/mol. The molecule has 222 valence electrons. The number of amides is 2. The van der Waals surface area contributed by atoms with Crippen molar-refractivity contribution in [3.05, 3.63) is 92.3 Å². The van der Waals surface area contributed by atoms with Gasteiger partial charge < -0.3 is 20.1 Å². The summed E-state index contributed by atoms with van der Waals surface area (Å²) in [6.45, 7) is 2.16. The smallest absolute Gasteiger partial charge is 0.338 e. The van der Waals surface area contributed by atoms with E-state index in [9.17, 15) is 23.9 Å². The maximum Gasteiger partial charge on any atom is 0.338 e. The van der Waals surface area contributed by atoms with Gasteiger partial charge in [0.15, 0.2) is 10.8 Å². The van der Waals surface area contributed by atoms with Gasteiger partial charge in [0.05, 0.1) is 24.3 Å². The number of amidine groups is 1. The van der Waals surface area contributed by atoms with Crippen LogP contribution < -0.4 is 10.2 Å². The molecule has 3 aliphatic rings. The number of nitrogens with one attached hydrogen (secondary N) is 1. The molecule has 0 radical (unpaired) electrons. The summed E-state index contributed by atoms with van der Waals surface area (Å²) in [6, 6.07) is 9.07. The number of hydrogen-bond acceptors (Lipinski definition) is 9. The number of carboxylic acids is 1. The van der Waals surface area contributed by atoms with Gasteiger partial charge in [-0.15, -0.1) is 11.3 Å². The van der Waals surface area contributed by atoms with Crippen molar-refractivity contribution in [1.29, 1.82) is 0 Å². The van der Waals surface area contributed by atoms with Crippen LogP contribution in [0.5, 0.6) is 0 Å². The molecule has 2 amide bonds. The molecule has 14 heteroatoms. The molecule has 0 aliphatic carbocycles. The van der Waals surface area contributed by atoms with E-state index in [1.807, 2.05) is 5.38 Å². The van der Waals surface area contributed by atoms with Gasteiger partial charge in [-0.05, 0) is 30.3 Å². The minimum absolute atomic E-state index is 0.107. The summed E-state index contributed by atoms with van der Waals surface area (Å²) in [5, 5.41) is 15.2. The number of methoxy groups -OCH3 is 1. The van der Waals surface area contributed by atoms with Crippen LogP contribution in [0.4, 0.5) is 14.9 Å². The quantitative estimate of drug-likeness (QED) is 0.380. The van der Waals surface area contributed by atoms with Gasteiger partial charge in [-0.3, -0.25) is 14.8 Å². The van der Waals surface area contributed by atoms with Gasteiger partial charge in [-0.25, -0.2) is 23.8 Å². The number of halogens is 2. The lowest BCUT2D eigenvalue weighted by atomic mass is 9.95. The zero-order valence-corrected chi connectivity index (χ0v) is 24.4.